The minimum absolute atomic E-state index is 0.159. The van der Waals surface area contributed by atoms with Gasteiger partial charge in [0.15, 0.2) is 0 Å². The lowest BCUT2D eigenvalue weighted by Gasteiger charge is -2.68. The zero-order valence-electron chi connectivity index (χ0n) is 22.9. The number of hydrogen-bond donors (Lipinski definition) is 0. The number of pyridine rings is 1. The first-order valence-electron chi connectivity index (χ1n) is 15.1. The van der Waals surface area contributed by atoms with Crippen molar-refractivity contribution in [3.63, 3.8) is 0 Å². The highest BCUT2D eigenvalue weighted by Crippen LogP contribution is 2.52. The summed E-state index contributed by atoms with van der Waals surface area (Å²) >= 11 is 0. The van der Waals surface area contributed by atoms with Gasteiger partial charge in [0.05, 0.1) is 12.3 Å². The van der Waals surface area contributed by atoms with Crippen molar-refractivity contribution in [1.82, 2.24) is 29.7 Å². The predicted octanol–water partition coefficient (Wildman–Crippen LogP) is 3.13. The molecule has 5 saturated heterocycles. The number of likely N-dealkylation sites (tertiary alicyclic amines) is 3. The van der Waals surface area contributed by atoms with E-state index in [0.717, 1.165) is 76.8 Å². The van der Waals surface area contributed by atoms with Gasteiger partial charge in [0.2, 0.25) is 23.3 Å². The molecule has 9 nitrogen and oxygen atoms in total. The standard InChI is InChI=1S/C29H44N6O3/c36-26-15-12-21-33(26)29(32-19-7-1-2-8-20-32)28(25-13-4-6-16-30-25,31-17-9-3-10-18-31)38-24-23-35(29)34-22-11-5-14-27(34)37/h4,6,13,16H,1-3,5,7-12,14-15,17-24H2. The molecule has 6 rings (SSSR count). The molecule has 0 aliphatic carbocycles. The summed E-state index contributed by atoms with van der Waals surface area (Å²) in [7, 11) is 0. The Morgan fingerprint density at radius 2 is 1.37 bits per heavy atom. The van der Waals surface area contributed by atoms with E-state index in [1.807, 2.05) is 23.3 Å². The summed E-state index contributed by atoms with van der Waals surface area (Å²) in [5.41, 5.74) is -0.158. The van der Waals surface area contributed by atoms with Crippen LogP contribution >= 0.6 is 0 Å². The number of rotatable bonds is 5. The van der Waals surface area contributed by atoms with E-state index in [1.165, 1.54) is 19.3 Å². The third-order valence-corrected chi connectivity index (χ3v) is 9.33. The van der Waals surface area contributed by atoms with E-state index in [2.05, 4.69) is 25.8 Å². The SMILES string of the molecule is O=C1CCCCN1N1CCOC(c2ccccn2)(N2CCCCC2)C1(N1CCCCCC1)N1CCCC1=O. The largest absolute Gasteiger partial charge is 0.348 e. The second kappa shape index (κ2) is 11.2. The van der Waals surface area contributed by atoms with Gasteiger partial charge >= 0.3 is 0 Å². The molecule has 5 aliphatic heterocycles. The van der Waals surface area contributed by atoms with Crippen molar-refractivity contribution in [1.29, 1.82) is 0 Å². The molecule has 38 heavy (non-hydrogen) atoms. The first-order chi connectivity index (χ1) is 18.7. The molecule has 5 aliphatic rings. The molecule has 1 aromatic heterocycles. The first kappa shape index (κ1) is 26.2. The molecule has 208 valence electrons. The van der Waals surface area contributed by atoms with Gasteiger partial charge in [-0.15, -0.1) is 0 Å². The van der Waals surface area contributed by atoms with Crippen LogP contribution in [-0.2, 0) is 20.1 Å². The molecule has 2 atom stereocenters. The summed E-state index contributed by atoms with van der Waals surface area (Å²) in [4.78, 5) is 39.8. The van der Waals surface area contributed by atoms with E-state index < -0.39 is 11.5 Å². The Kier molecular flexibility index (Phi) is 7.71. The first-order valence-corrected chi connectivity index (χ1v) is 15.1. The molecule has 2 unspecified atom stereocenters. The minimum atomic E-state index is -1.00. The zero-order chi connectivity index (χ0) is 26.0. The van der Waals surface area contributed by atoms with Crippen LogP contribution < -0.4 is 0 Å². The van der Waals surface area contributed by atoms with Gasteiger partial charge in [0.25, 0.3) is 0 Å². The fourth-order valence-corrected chi connectivity index (χ4v) is 7.76. The van der Waals surface area contributed by atoms with Crippen LogP contribution in [0.3, 0.4) is 0 Å². The summed E-state index contributed by atoms with van der Waals surface area (Å²) in [5, 5.41) is 4.31. The number of hydrogen-bond acceptors (Lipinski definition) is 7. The normalized spacial score (nSPS) is 33.1. The lowest BCUT2D eigenvalue weighted by atomic mass is 9.88. The van der Waals surface area contributed by atoms with E-state index in [9.17, 15) is 9.59 Å². The van der Waals surface area contributed by atoms with Crippen LogP contribution in [0.1, 0.15) is 82.7 Å². The number of ether oxygens (including phenoxy) is 1. The van der Waals surface area contributed by atoms with Crippen molar-refractivity contribution in [2.45, 2.75) is 88.6 Å². The molecule has 2 amide bonds. The Morgan fingerprint density at radius 3 is 2.03 bits per heavy atom. The number of carbonyl (C=O) groups excluding carboxylic acids is 2. The highest BCUT2D eigenvalue weighted by atomic mass is 16.5. The molecule has 0 bridgehead atoms. The number of hydrazine groups is 1. The molecule has 0 radical (unpaired) electrons. The summed E-state index contributed by atoms with van der Waals surface area (Å²) < 4.78 is 7.17. The maximum Gasteiger partial charge on any atom is 0.236 e. The van der Waals surface area contributed by atoms with Gasteiger partial charge in [-0.1, -0.05) is 25.3 Å². The molecule has 1 aromatic rings. The summed E-state index contributed by atoms with van der Waals surface area (Å²) in [6.07, 6.45) is 13.6. The Bertz CT molecular complexity index is 980. The third kappa shape index (κ3) is 4.17. The summed E-state index contributed by atoms with van der Waals surface area (Å²) in [5.74, 6) is -0.661. The van der Waals surface area contributed by atoms with Crippen LogP contribution in [0.2, 0.25) is 0 Å². The topological polar surface area (TPSA) is 72.5 Å². The van der Waals surface area contributed by atoms with Crippen molar-refractivity contribution in [2.24, 2.45) is 0 Å². The molecule has 0 spiro atoms. The van der Waals surface area contributed by atoms with Gasteiger partial charge in [-0.25, -0.2) is 0 Å². The molecule has 0 N–H and O–H groups in total. The van der Waals surface area contributed by atoms with Gasteiger partial charge in [-0.2, -0.15) is 5.01 Å². The maximum atomic E-state index is 14.0. The highest BCUT2D eigenvalue weighted by Gasteiger charge is 2.71. The van der Waals surface area contributed by atoms with Gasteiger partial charge in [0, 0.05) is 64.9 Å². The minimum Gasteiger partial charge on any atom is -0.348 e. The molecule has 5 fully saturated rings. The van der Waals surface area contributed by atoms with Crippen molar-refractivity contribution < 1.29 is 14.3 Å². The number of amides is 2. The average Bonchev–Trinajstić information content (AvgIpc) is 3.21. The van der Waals surface area contributed by atoms with Gasteiger partial charge < -0.3 is 9.64 Å². The second-order valence-electron chi connectivity index (χ2n) is 11.5. The van der Waals surface area contributed by atoms with Crippen LogP contribution in [0.25, 0.3) is 0 Å². The van der Waals surface area contributed by atoms with E-state index in [-0.39, 0.29) is 11.8 Å². The number of carbonyl (C=O) groups is 2. The fraction of sp³-hybridized carbons (Fsp3) is 0.759. The van der Waals surface area contributed by atoms with Crippen LogP contribution in [-0.4, -0.2) is 99.7 Å². The molecule has 6 heterocycles. The van der Waals surface area contributed by atoms with Crippen LogP contribution in [0.15, 0.2) is 24.4 Å². The molecule has 0 aromatic carbocycles. The van der Waals surface area contributed by atoms with E-state index in [1.54, 1.807) is 0 Å². The van der Waals surface area contributed by atoms with Crippen LogP contribution in [0.5, 0.6) is 0 Å². The third-order valence-electron chi connectivity index (χ3n) is 9.33. The van der Waals surface area contributed by atoms with Gasteiger partial charge in [-0.05, 0) is 57.1 Å². The molecular formula is C29H44N6O3. The van der Waals surface area contributed by atoms with Crippen LogP contribution in [0.4, 0.5) is 0 Å². The van der Waals surface area contributed by atoms with Crippen molar-refractivity contribution >= 4 is 11.8 Å². The Morgan fingerprint density at radius 1 is 0.684 bits per heavy atom. The monoisotopic (exact) mass is 524 g/mol. The quantitative estimate of drug-likeness (QED) is 0.586. The van der Waals surface area contributed by atoms with Crippen molar-refractivity contribution in [2.75, 3.05) is 52.4 Å². The molecule has 9 heteroatoms. The second-order valence-corrected chi connectivity index (χ2v) is 11.5. The number of nitrogens with zero attached hydrogens (tertiary/aromatic N) is 6. The predicted molar refractivity (Wildman–Crippen MR) is 143 cm³/mol. The number of aromatic nitrogens is 1. The summed E-state index contributed by atoms with van der Waals surface area (Å²) in [6.45, 7) is 5.92. The highest BCUT2D eigenvalue weighted by molar-refractivity contribution is 5.80. The number of morpholine rings is 1. The van der Waals surface area contributed by atoms with Crippen molar-refractivity contribution in [3.8, 4) is 0 Å². The Balaban J connectivity index is 1.64. The Labute approximate surface area is 227 Å². The lowest BCUT2D eigenvalue weighted by Crippen LogP contribution is -2.87. The fourth-order valence-electron chi connectivity index (χ4n) is 7.76. The smallest absolute Gasteiger partial charge is 0.236 e. The number of piperidine rings is 2. The Hall–Kier alpha value is -2.07. The molecular weight excluding hydrogens is 480 g/mol. The maximum absolute atomic E-state index is 14.0. The molecule has 0 saturated carbocycles. The van der Waals surface area contributed by atoms with E-state index in [0.29, 0.717) is 39.1 Å². The average molecular weight is 525 g/mol. The zero-order valence-corrected chi connectivity index (χ0v) is 22.9. The summed E-state index contributed by atoms with van der Waals surface area (Å²) in [6, 6.07) is 6.08. The van der Waals surface area contributed by atoms with E-state index in [4.69, 9.17) is 9.72 Å². The van der Waals surface area contributed by atoms with E-state index >= 15 is 0 Å². The lowest BCUT2D eigenvalue weighted by molar-refractivity contribution is -0.394. The van der Waals surface area contributed by atoms with Gasteiger partial charge in [-0.3, -0.25) is 29.4 Å². The van der Waals surface area contributed by atoms with Crippen molar-refractivity contribution in [3.05, 3.63) is 30.1 Å². The van der Waals surface area contributed by atoms with Gasteiger partial charge in [0.1, 0.15) is 0 Å². The van der Waals surface area contributed by atoms with Crippen LogP contribution in [0, 0.1) is 0 Å².